The number of piperazine rings is 1. The van der Waals surface area contributed by atoms with Crippen LogP contribution in [0.25, 0.3) is 0 Å². The van der Waals surface area contributed by atoms with Gasteiger partial charge in [-0.15, -0.1) is 36.2 Å². The lowest BCUT2D eigenvalue weighted by molar-refractivity contribution is -0.133. The number of hydrogen-bond donors (Lipinski definition) is 2. The fraction of sp³-hybridized carbons (Fsp3) is 0.444. The molecule has 2 N–H and O–H groups in total. The third-order valence-electron chi connectivity index (χ3n) is 4.27. The van der Waals surface area contributed by atoms with Gasteiger partial charge in [0.15, 0.2) is 5.13 Å². The number of carbonyl (C=O) groups is 2. The molecule has 3 rings (SSSR count). The molecule has 2 aromatic rings. The first-order valence-corrected chi connectivity index (χ1v) is 9.58. The Morgan fingerprint density at radius 3 is 2.86 bits per heavy atom. The zero-order valence-corrected chi connectivity index (χ0v) is 18.2. The van der Waals surface area contributed by atoms with Crippen molar-refractivity contribution in [2.75, 3.05) is 25.0 Å². The molecule has 0 spiro atoms. The van der Waals surface area contributed by atoms with E-state index in [-0.39, 0.29) is 55.0 Å². The highest BCUT2D eigenvalue weighted by molar-refractivity contribution is 7.13. The molecule has 0 saturated carbocycles. The molecule has 1 aliphatic rings. The topological polar surface area (TPSA) is 87.2 Å². The molecular formula is C18H25Cl2N5O2S. The van der Waals surface area contributed by atoms with Gasteiger partial charge in [0, 0.05) is 43.3 Å². The highest BCUT2D eigenvalue weighted by Crippen LogP contribution is 2.23. The Morgan fingerprint density at radius 2 is 2.18 bits per heavy atom. The van der Waals surface area contributed by atoms with Gasteiger partial charge >= 0.3 is 0 Å². The number of amides is 2. The predicted molar refractivity (Wildman–Crippen MR) is 115 cm³/mol. The standard InChI is InChI=1S/C18H23N5O2S.2ClH/c1-12(2)17(25)22-18-21-14(11-26-18)8-16(24)23-7-6-20-10-15(23)13-4-3-5-19-9-13;;/h3-5,9,11-12,15,20H,6-8,10H2,1-2H3,(H,21,22,25);2*1H. The van der Waals surface area contributed by atoms with Crippen molar-refractivity contribution in [1.29, 1.82) is 0 Å². The molecule has 1 unspecified atom stereocenters. The number of rotatable bonds is 5. The van der Waals surface area contributed by atoms with E-state index >= 15 is 0 Å². The number of anilines is 1. The first-order chi connectivity index (χ1) is 12.5. The van der Waals surface area contributed by atoms with Gasteiger partial charge in [-0.2, -0.15) is 0 Å². The number of aromatic nitrogens is 2. The summed E-state index contributed by atoms with van der Waals surface area (Å²) in [5.41, 5.74) is 1.71. The SMILES string of the molecule is CC(C)C(=O)Nc1nc(CC(=O)N2CCNCC2c2cccnc2)cs1.Cl.Cl. The van der Waals surface area contributed by atoms with E-state index in [0.717, 1.165) is 12.1 Å². The molecule has 0 bridgehead atoms. The maximum absolute atomic E-state index is 12.8. The molecule has 1 fully saturated rings. The van der Waals surface area contributed by atoms with E-state index in [4.69, 9.17) is 0 Å². The Labute approximate surface area is 181 Å². The summed E-state index contributed by atoms with van der Waals surface area (Å²) in [6.45, 7) is 5.80. The molecule has 1 saturated heterocycles. The van der Waals surface area contributed by atoms with Gasteiger partial charge in [0.05, 0.1) is 18.2 Å². The van der Waals surface area contributed by atoms with Gasteiger partial charge in [-0.1, -0.05) is 19.9 Å². The van der Waals surface area contributed by atoms with E-state index in [1.165, 1.54) is 11.3 Å². The Balaban J connectivity index is 0.00000196. The molecule has 0 radical (unpaired) electrons. The number of nitrogens with one attached hydrogen (secondary N) is 2. The molecule has 1 atom stereocenters. The molecule has 0 aliphatic carbocycles. The smallest absolute Gasteiger partial charge is 0.229 e. The van der Waals surface area contributed by atoms with E-state index in [2.05, 4.69) is 20.6 Å². The summed E-state index contributed by atoms with van der Waals surface area (Å²) in [6.07, 6.45) is 3.76. The lowest BCUT2D eigenvalue weighted by atomic mass is 10.0. The Morgan fingerprint density at radius 1 is 1.39 bits per heavy atom. The van der Waals surface area contributed by atoms with E-state index in [0.29, 0.717) is 23.9 Å². The molecule has 28 heavy (non-hydrogen) atoms. The van der Waals surface area contributed by atoms with Crippen LogP contribution in [-0.4, -0.2) is 46.3 Å². The van der Waals surface area contributed by atoms with Gasteiger partial charge in [-0.05, 0) is 11.6 Å². The van der Waals surface area contributed by atoms with Crippen LogP contribution in [0.4, 0.5) is 5.13 Å². The number of nitrogens with zero attached hydrogens (tertiary/aromatic N) is 3. The van der Waals surface area contributed by atoms with Gasteiger partial charge in [0.1, 0.15) is 0 Å². The van der Waals surface area contributed by atoms with E-state index < -0.39 is 0 Å². The van der Waals surface area contributed by atoms with Crippen LogP contribution in [0.3, 0.4) is 0 Å². The molecular weight excluding hydrogens is 421 g/mol. The van der Waals surface area contributed by atoms with Gasteiger partial charge in [-0.25, -0.2) is 4.98 Å². The van der Waals surface area contributed by atoms with Crippen LogP contribution >= 0.6 is 36.2 Å². The fourth-order valence-electron chi connectivity index (χ4n) is 2.83. The number of carbonyl (C=O) groups excluding carboxylic acids is 2. The lowest BCUT2D eigenvalue weighted by Crippen LogP contribution is -2.49. The number of hydrogen-bond acceptors (Lipinski definition) is 6. The van der Waals surface area contributed by atoms with Crippen LogP contribution < -0.4 is 10.6 Å². The number of halogens is 2. The third-order valence-corrected chi connectivity index (χ3v) is 5.08. The van der Waals surface area contributed by atoms with Crippen LogP contribution in [-0.2, 0) is 16.0 Å². The molecule has 2 amide bonds. The maximum atomic E-state index is 12.8. The molecule has 3 heterocycles. The van der Waals surface area contributed by atoms with E-state index in [1.54, 1.807) is 12.4 Å². The van der Waals surface area contributed by atoms with Gasteiger partial charge < -0.3 is 15.5 Å². The minimum Gasteiger partial charge on any atom is -0.333 e. The monoisotopic (exact) mass is 445 g/mol. The highest BCUT2D eigenvalue weighted by Gasteiger charge is 2.28. The summed E-state index contributed by atoms with van der Waals surface area (Å²) < 4.78 is 0. The fourth-order valence-corrected chi connectivity index (χ4v) is 3.54. The molecule has 154 valence electrons. The first kappa shape index (κ1) is 24.3. The highest BCUT2D eigenvalue weighted by atomic mass is 35.5. The zero-order valence-electron chi connectivity index (χ0n) is 15.8. The van der Waals surface area contributed by atoms with E-state index in [9.17, 15) is 9.59 Å². The minimum absolute atomic E-state index is 0. The Kier molecular flexibility index (Phi) is 9.81. The number of thiazole rings is 1. The average Bonchev–Trinajstić information content (AvgIpc) is 3.09. The van der Waals surface area contributed by atoms with Crippen LogP contribution in [0, 0.1) is 5.92 Å². The summed E-state index contributed by atoms with van der Waals surface area (Å²) in [5, 5.41) is 8.48. The van der Waals surface area contributed by atoms with Crippen molar-refractivity contribution in [2.24, 2.45) is 5.92 Å². The molecule has 10 heteroatoms. The Hall–Kier alpha value is -1.74. The van der Waals surface area contributed by atoms with Crippen molar-refractivity contribution in [3.63, 3.8) is 0 Å². The van der Waals surface area contributed by atoms with Gasteiger partial charge in [-0.3, -0.25) is 14.6 Å². The van der Waals surface area contributed by atoms with Crippen molar-refractivity contribution in [1.82, 2.24) is 20.2 Å². The second kappa shape index (κ2) is 11.3. The van der Waals surface area contributed by atoms with Gasteiger partial charge in [0.2, 0.25) is 11.8 Å². The van der Waals surface area contributed by atoms with Crippen molar-refractivity contribution in [3.05, 3.63) is 41.2 Å². The van der Waals surface area contributed by atoms with Crippen LogP contribution in [0.5, 0.6) is 0 Å². The summed E-state index contributed by atoms with van der Waals surface area (Å²) >= 11 is 1.34. The van der Waals surface area contributed by atoms with Crippen molar-refractivity contribution in [3.8, 4) is 0 Å². The quantitative estimate of drug-likeness (QED) is 0.738. The third kappa shape index (κ3) is 6.13. The molecule has 7 nitrogen and oxygen atoms in total. The summed E-state index contributed by atoms with van der Waals surface area (Å²) in [6, 6.07) is 3.85. The molecule has 2 aromatic heterocycles. The Bertz CT molecular complexity index is 772. The van der Waals surface area contributed by atoms with Crippen molar-refractivity contribution >= 4 is 53.1 Å². The second-order valence-electron chi connectivity index (χ2n) is 6.56. The van der Waals surface area contributed by atoms with Crippen molar-refractivity contribution in [2.45, 2.75) is 26.3 Å². The lowest BCUT2D eigenvalue weighted by Gasteiger charge is -2.36. The summed E-state index contributed by atoms with van der Waals surface area (Å²) in [4.78, 5) is 35.0. The van der Waals surface area contributed by atoms with Crippen molar-refractivity contribution < 1.29 is 9.59 Å². The first-order valence-electron chi connectivity index (χ1n) is 8.70. The van der Waals surface area contributed by atoms with Gasteiger partial charge in [0.25, 0.3) is 0 Å². The average molecular weight is 446 g/mol. The minimum atomic E-state index is -0.106. The second-order valence-corrected chi connectivity index (χ2v) is 7.42. The van der Waals surface area contributed by atoms with Crippen LogP contribution in [0.2, 0.25) is 0 Å². The summed E-state index contributed by atoms with van der Waals surface area (Å²) in [5.74, 6) is -0.145. The maximum Gasteiger partial charge on any atom is 0.229 e. The zero-order chi connectivity index (χ0) is 18.5. The predicted octanol–water partition coefficient (Wildman–Crippen LogP) is 2.69. The van der Waals surface area contributed by atoms with E-state index in [1.807, 2.05) is 36.3 Å². The molecule has 1 aliphatic heterocycles. The largest absolute Gasteiger partial charge is 0.333 e. The summed E-state index contributed by atoms with van der Waals surface area (Å²) in [7, 11) is 0. The normalized spacial score (nSPS) is 16.1. The van der Waals surface area contributed by atoms with Crippen LogP contribution in [0.1, 0.15) is 31.1 Å². The molecule has 0 aromatic carbocycles. The van der Waals surface area contributed by atoms with Crippen LogP contribution in [0.15, 0.2) is 29.9 Å². The number of pyridine rings is 1.